The molecule has 12 aromatic rings. The maximum Gasteiger partial charge on any atom is 0.216 e. The highest BCUT2D eigenvalue weighted by Gasteiger charge is 2.31. The first kappa shape index (κ1) is 87.7. The number of aryl methyl sites for hydroxylation is 3. The minimum atomic E-state index is 0.201. The average Bonchev–Trinajstić information content (AvgIpc) is 0.804. The van der Waals surface area contributed by atoms with Crippen molar-refractivity contribution in [1.29, 1.82) is 0 Å². The number of hydrogen-bond donors (Lipinski definition) is 0. The Morgan fingerprint density at radius 3 is 1.03 bits per heavy atom. The van der Waals surface area contributed by atoms with E-state index >= 15 is 0 Å². The fraction of sp³-hybridized carbons (Fsp3) is 0.485. The average molecular weight is 1720 g/mol. The summed E-state index contributed by atoms with van der Waals surface area (Å²) in [5, 5.41) is 0. The van der Waals surface area contributed by atoms with Crippen molar-refractivity contribution in [3.8, 4) is 34.8 Å². The number of ether oxygens (including phenoxy) is 10. The maximum absolute atomic E-state index is 6.57. The largest absolute Gasteiger partial charge is 0.488 e. The summed E-state index contributed by atoms with van der Waals surface area (Å²) in [5.74, 6) is 7.55. The van der Waals surface area contributed by atoms with E-state index in [0.29, 0.717) is 29.6 Å². The van der Waals surface area contributed by atoms with Crippen LogP contribution in [0.3, 0.4) is 0 Å². The molecule has 8 aliphatic rings. The van der Waals surface area contributed by atoms with Gasteiger partial charge in [0, 0.05) is 197 Å². The first-order valence-corrected chi connectivity index (χ1v) is 46.3. The maximum atomic E-state index is 6.57. The zero-order valence-corrected chi connectivity index (χ0v) is 74.4. The van der Waals surface area contributed by atoms with Crippen LogP contribution in [0.4, 0.5) is 22.7 Å². The highest BCUT2D eigenvalue weighted by molar-refractivity contribution is 5.88. The van der Waals surface area contributed by atoms with E-state index in [1.54, 1.807) is 70.0 Å². The van der Waals surface area contributed by atoms with Crippen LogP contribution in [-0.4, -0.2) is 204 Å². The molecule has 0 unspecified atom stereocenters. The van der Waals surface area contributed by atoms with Crippen LogP contribution in [0.25, 0.3) is 44.1 Å². The van der Waals surface area contributed by atoms with E-state index < -0.39 is 0 Å². The molecule has 4 aromatic carbocycles. The van der Waals surface area contributed by atoms with E-state index in [9.17, 15) is 0 Å². The molecule has 0 amide bonds. The van der Waals surface area contributed by atoms with Gasteiger partial charge in [-0.3, -0.25) is 29.9 Å². The number of hydrogen-bond acceptors (Lipinski definition) is 26. The highest BCUT2D eigenvalue weighted by Crippen LogP contribution is 2.42. The summed E-state index contributed by atoms with van der Waals surface area (Å²) in [4.78, 5) is 63.4. The van der Waals surface area contributed by atoms with Gasteiger partial charge in [0.1, 0.15) is 45.1 Å². The van der Waals surface area contributed by atoms with E-state index in [2.05, 4.69) is 172 Å². The van der Waals surface area contributed by atoms with Gasteiger partial charge in [-0.1, -0.05) is 18.2 Å². The molecular formula is C101H122N16O10. The minimum Gasteiger partial charge on any atom is -0.488 e. The van der Waals surface area contributed by atoms with Gasteiger partial charge in [-0.15, -0.1) is 0 Å². The lowest BCUT2D eigenvalue weighted by Crippen LogP contribution is -2.36. The van der Waals surface area contributed by atoms with Gasteiger partial charge in [-0.05, 0) is 238 Å². The molecule has 0 atom stereocenters. The topological polar surface area (TPSA) is 260 Å². The monoisotopic (exact) mass is 1720 g/mol. The smallest absolute Gasteiger partial charge is 0.216 e. The van der Waals surface area contributed by atoms with Crippen LogP contribution in [0, 0.1) is 44.4 Å². The van der Waals surface area contributed by atoms with Gasteiger partial charge in [0.25, 0.3) is 0 Å². The summed E-state index contributed by atoms with van der Waals surface area (Å²) in [6.07, 6.45) is 44.5. The van der Waals surface area contributed by atoms with Crippen molar-refractivity contribution in [3.63, 3.8) is 0 Å². The first-order valence-electron chi connectivity index (χ1n) is 46.3. The van der Waals surface area contributed by atoms with E-state index in [1.807, 2.05) is 37.6 Å². The van der Waals surface area contributed by atoms with Crippen LogP contribution in [0.15, 0.2) is 165 Å². The van der Waals surface area contributed by atoms with Crippen molar-refractivity contribution in [2.24, 2.45) is 23.7 Å². The number of benzene rings is 4. The van der Waals surface area contributed by atoms with E-state index in [0.717, 1.165) is 309 Å². The third-order valence-electron chi connectivity index (χ3n) is 26.4. The lowest BCUT2D eigenvalue weighted by atomic mass is 9.83. The van der Waals surface area contributed by atoms with Crippen molar-refractivity contribution in [1.82, 2.24) is 59.8 Å². The van der Waals surface area contributed by atoms with Crippen molar-refractivity contribution in [2.45, 2.75) is 174 Å². The van der Waals surface area contributed by atoms with Gasteiger partial charge in [0.15, 0.2) is 0 Å². The van der Waals surface area contributed by atoms with E-state index in [4.69, 9.17) is 47.4 Å². The number of rotatable bonds is 22. The molecule has 4 aliphatic heterocycles. The van der Waals surface area contributed by atoms with Crippen LogP contribution in [0.5, 0.6) is 34.8 Å². The molecule has 0 bridgehead atoms. The number of fused-ring (bicyclic) bond motifs is 4. The van der Waals surface area contributed by atoms with Gasteiger partial charge in [0.05, 0.1) is 114 Å². The van der Waals surface area contributed by atoms with Crippen LogP contribution < -0.4 is 48.0 Å². The number of nitrogens with zero attached hydrogens (tertiary/aromatic N) is 16. The van der Waals surface area contributed by atoms with Crippen molar-refractivity contribution in [3.05, 3.63) is 205 Å². The van der Waals surface area contributed by atoms with E-state index in [-0.39, 0.29) is 24.4 Å². The summed E-state index contributed by atoms with van der Waals surface area (Å²) >= 11 is 0. The van der Waals surface area contributed by atoms with Gasteiger partial charge in [-0.25, -0.2) is 29.9 Å². The molecule has 26 nitrogen and oxygen atoms in total. The summed E-state index contributed by atoms with van der Waals surface area (Å²) in [6.45, 7) is 19.4. The molecule has 0 radical (unpaired) electrons. The summed E-state index contributed by atoms with van der Waals surface area (Å²) in [5.41, 5.74) is 20.2. The Kier molecular flexibility index (Phi) is 30.0. The second kappa shape index (κ2) is 43.5. The predicted molar refractivity (Wildman–Crippen MR) is 495 cm³/mol. The Hall–Kier alpha value is -11.3. The number of methoxy groups -OCH3 is 2. The zero-order valence-electron chi connectivity index (χ0n) is 74.4. The Balaban J connectivity index is 0.000000119. The van der Waals surface area contributed by atoms with Gasteiger partial charge >= 0.3 is 0 Å². The number of morpholine rings is 4. The Labute approximate surface area is 745 Å². The standard InChI is InChI=1S/C26H32N4O2.2C25H30N4O3.C25H30N4O2/c1-18-13-21(19(2)29-17-18)14-20-3-5-23(6-4-20)32-25-16-22(30-9-11-31-12-10-30)15-24-26(25)28-8-7-27-24;1-30-24-15-19(6-7-27-24)14-18-2-4-21(5-3-18)32-23-17-20(29-10-12-31-13-11-29)16-22-25(23)28-9-8-26-22;1-30-25-19(3-2-8-28-25)15-18-4-6-21(7-5-18)32-23-17-20(29-11-13-31-14-12-29)16-22-24(23)27-10-9-26-22;1-18-2-3-20(17-28-18)14-19-4-6-22(7-5-19)31-24-16-21(29-10-12-30-13-11-29)15-23-25(24)27-9-8-26-23/h7-8,13,15-17,20,23H,3-6,9-12,14H2,1-2H3;6-9,15-18,21H,2-5,10-14H2,1H3;2-3,8-10,16-18,21H,4-7,11-15H2,1H3;2-3,8-9,15-17,19,22H,4-7,10-14H2,1H3. The summed E-state index contributed by atoms with van der Waals surface area (Å²) < 4.78 is 59.0. The fourth-order valence-corrected chi connectivity index (χ4v) is 19.3. The molecule has 127 heavy (non-hydrogen) atoms. The number of pyridine rings is 4. The van der Waals surface area contributed by atoms with Gasteiger partial charge in [-0.2, -0.15) is 0 Å². The second-order valence-electron chi connectivity index (χ2n) is 35.2. The fourth-order valence-electron chi connectivity index (χ4n) is 19.3. The lowest BCUT2D eigenvalue weighted by Gasteiger charge is -2.31. The van der Waals surface area contributed by atoms with Crippen molar-refractivity contribution >= 4 is 66.9 Å². The van der Waals surface area contributed by atoms with Gasteiger partial charge < -0.3 is 67.0 Å². The normalized spacial score (nSPS) is 21.6. The molecule has 8 fully saturated rings. The molecule has 0 spiro atoms. The summed E-state index contributed by atoms with van der Waals surface area (Å²) in [6, 6.07) is 31.9. The molecular weight excluding hydrogens is 1600 g/mol. The molecule has 4 saturated carbocycles. The minimum absolute atomic E-state index is 0.201. The third kappa shape index (κ3) is 23.5. The van der Waals surface area contributed by atoms with Crippen LogP contribution in [0.2, 0.25) is 0 Å². The lowest BCUT2D eigenvalue weighted by molar-refractivity contribution is 0.122. The first-order chi connectivity index (χ1) is 62.5. The summed E-state index contributed by atoms with van der Waals surface area (Å²) in [7, 11) is 3.35. The molecule has 4 aliphatic carbocycles. The molecule has 20 rings (SSSR count). The van der Waals surface area contributed by atoms with Crippen molar-refractivity contribution in [2.75, 3.05) is 139 Å². The Morgan fingerprint density at radius 1 is 0.307 bits per heavy atom. The zero-order chi connectivity index (χ0) is 86.5. The van der Waals surface area contributed by atoms with Crippen molar-refractivity contribution < 1.29 is 47.4 Å². The Morgan fingerprint density at radius 2 is 0.669 bits per heavy atom. The number of anilines is 4. The number of aromatic nitrogens is 12. The van der Waals surface area contributed by atoms with E-state index in [1.165, 1.54) is 59.2 Å². The van der Waals surface area contributed by atoms with Gasteiger partial charge in [0.2, 0.25) is 11.8 Å². The quantitative estimate of drug-likeness (QED) is 0.0610. The highest BCUT2D eigenvalue weighted by atomic mass is 16.5. The van der Waals surface area contributed by atoms with Crippen LogP contribution in [-0.2, 0) is 44.6 Å². The molecule has 8 aromatic heterocycles. The molecule has 4 saturated heterocycles. The SMILES string of the molecule is COc1cc(CC2CCC(Oc3cc(N4CCOCC4)cc4nccnc34)CC2)ccn1.COc1ncccc1CC1CCC(Oc2cc(N3CCOCC3)cc3nccnc23)CC1.Cc1ccc(CC2CCC(Oc3cc(N4CCOCC4)cc4nccnc34)CC2)cn1.Cc1cnc(C)c(CC2CCC(Oc3cc(N4CCOCC4)cc4nccnc34)CC2)c1. The Bertz CT molecular complexity index is 5530. The second-order valence-corrected chi connectivity index (χ2v) is 35.2. The third-order valence-corrected chi connectivity index (χ3v) is 26.4. The van der Waals surface area contributed by atoms with Crippen LogP contribution >= 0.6 is 0 Å². The molecule has 666 valence electrons. The molecule has 12 heterocycles. The molecule has 26 heteroatoms. The predicted octanol–water partition coefficient (Wildman–Crippen LogP) is 17.1. The van der Waals surface area contributed by atoms with Crippen LogP contribution in [0.1, 0.15) is 142 Å². The molecule has 0 N–H and O–H groups in total.